The Hall–Kier alpha value is -1.71. The number of hydrogen-bond donors (Lipinski definition) is 1. The smallest absolute Gasteiger partial charge is 0.244 e. The van der Waals surface area contributed by atoms with E-state index in [0.29, 0.717) is 10.6 Å². The first kappa shape index (κ1) is 26.5. The summed E-state index contributed by atoms with van der Waals surface area (Å²) in [5, 5.41) is 3.22. The van der Waals surface area contributed by atoms with Crippen LogP contribution in [0.5, 0.6) is 0 Å². The van der Waals surface area contributed by atoms with E-state index >= 15 is 0 Å². The molecule has 0 heterocycles. The topological polar surface area (TPSA) is 86.8 Å². The van der Waals surface area contributed by atoms with Gasteiger partial charge in [0.2, 0.25) is 21.8 Å². The van der Waals surface area contributed by atoms with Gasteiger partial charge < -0.3 is 10.2 Å². The Kier molecular flexibility index (Phi) is 9.07. The standard InChI is InChI=1S/C20H21Cl4N3O4S/c1-12(20(29)25-2)26(10-13-4-6-14(21)7-5-13)19(28)11-27(32(3,30)31)18-9-16(23)15(22)8-17(18)24/h4-9,12H,10-11H2,1-3H3,(H,25,29)/t12-/m1/s1. The van der Waals surface area contributed by atoms with E-state index in [1.54, 1.807) is 31.2 Å². The Labute approximate surface area is 207 Å². The van der Waals surface area contributed by atoms with Gasteiger partial charge in [0.25, 0.3) is 0 Å². The highest BCUT2D eigenvalue weighted by molar-refractivity contribution is 7.92. The molecule has 0 aliphatic heterocycles. The van der Waals surface area contributed by atoms with E-state index in [4.69, 9.17) is 46.4 Å². The Bertz CT molecular complexity index is 1110. The third-order valence-electron chi connectivity index (χ3n) is 4.62. The van der Waals surface area contributed by atoms with Crippen LogP contribution in [0.2, 0.25) is 20.1 Å². The minimum Gasteiger partial charge on any atom is -0.357 e. The van der Waals surface area contributed by atoms with Crippen LogP contribution in [0.4, 0.5) is 5.69 Å². The second-order valence-corrected chi connectivity index (χ2v) is 10.5. The average Bonchev–Trinajstić information content (AvgIpc) is 2.72. The second kappa shape index (κ2) is 10.9. The fraction of sp³-hybridized carbons (Fsp3) is 0.300. The number of carbonyl (C=O) groups is 2. The summed E-state index contributed by atoms with van der Waals surface area (Å²) in [7, 11) is -2.50. The first-order valence-corrected chi connectivity index (χ1v) is 12.6. The number of anilines is 1. The number of carbonyl (C=O) groups excluding carboxylic acids is 2. The lowest BCUT2D eigenvalue weighted by Gasteiger charge is -2.31. The maximum absolute atomic E-state index is 13.3. The Balaban J connectivity index is 2.44. The van der Waals surface area contributed by atoms with Crippen LogP contribution in [-0.4, -0.2) is 51.0 Å². The van der Waals surface area contributed by atoms with Gasteiger partial charge in [0.15, 0.2) is 0 Å². The number of nitrogens with one attached hydrogen (secondary N) is 1. The molecule has 0 aliphatic rings. The summed E-state index contributed by atoms with van der Waals surface area (Å²) >= 11 is 24.1. The molecule has 0 unspecified atom stereocenters. The minimum atomic E-state index is -3.95. The molecule has 12 heteroatoms. The van der Waals surface area contributed by atoms with Crippen LogP contribution in [-0.2, 0) is 26.2 Å². The number of halogens is 4. The van der Waals surface area contributed by atoms with Crippen molar-refractivity contribution in [2.75, 3.05) is 24.2 Å². The molecule has 0 aliphatic carbocycles. The highest BCUT2D eigenvalue weighted by atomic mass is 35.5. The van der Waals surface area contributed by atoms with Crippen LogP contribution in [0, 0.1) is 0 Å². The molecule has 0 fully saturated rings. The lowest BCUT2D eigenvalue weighted by atomic mass is 10.1. The third-order valence-corrected chi connectivity index (χ3v) is 7.02. The van der Waals surface area contributed by atoms with E-state index in [2.05, 4.69) is 5.32 Å². The Morgan fingerprint density at radius 2 is 1.56 bits per heavy atom. The number of sulfonamides is 1. The van der Waals surface area contributed by atoms with Crippen molar-refractivity contribution in [3.8, 4) is 0 Å². The van der Waals surface area contributed by atoms with E-state index in [1.807, 2.05) is 0 Å². The number of hydrogen-bond acceptors (Lipinski definition) is 4. The van der Waals surface area contributed by atoms with Gasteiger partial charge in [0, 0.05) is 18.6 Å². The van der Waals surface area contributed by atoms with Crippen LogP contribution in [0.3, 0.4) is 0 Å². The normalized spacial score (nSPS) is 12.2. The van der Waals surface area contributed by atoms with Crippen molar-refractivity contribution in [3.63, 3.8) is 0 Å². The van der Waals surface area contributed by atoms with Crippen molar-refractivity contribution in [1.82, 2.24) is 10.2 Å². The summed E-state index contributed by atoms with van der Waals surface area (Å²) in [6.45, 7) is 0.992. The average molecular weight is 541 g/mol. The van der Waals surface area contributed by atoms with Crippen molar-refractivity contribution in [1.29, 1.82) is 0 Å². The predicted molar refractivity (Wildman–Crippen MR) is 129 cm³/mol. The SMILES string of the molecule is CNC(=O)[C@@H](C)N(Cc1ccc(Cl)cc1)C(=O)CN(c1cc(Cl)c(Cl)cc1Cl)S(C)(=O)=O. The summed E-state index contributed by atoms with van der Waals surface area (Å²) in [6.07, 6.45) is 0.935. The number of rotatable bonds is 8. The highest BCUT2D eigenvalue weighted by Crippen LogP contribution is 2.35. The zero-order valence-corrected chi connectivity index (χ0v) is 21.2. The van der Waals surface area contributed by atoms with Crippen molar-refractivity contribution in [3.05, 3.63) is 62.1 Å². The Morgan fingerprint density at radius 3 is 2.09 bits per heavy atom. The molecular formula is C20H21Cl4N3O4S. The van der Waals surface area contributed by atoms with E-state index < -0.39 is 34.4 Å². The van der Waals surface area contributed by atoms with Gasteiger partial charge in [-0.25, -0.2) is 8.42 Å². The van der Waals surface area contributed by atoms with Gasteiger partial charge in [-0.1, -0.05) is 58.5 Å². The molecule has 1 N–H and O–H groups in total. The zero-order valence-electron chi connectivity index (χ0n) is 17.4. The van der Waals surface area contributed by atoms with E-state index in [9.17, 15) is 18.0 Å². The molecule has 2 amide bonds. The second-order valence-electron chi connectivity index (χ2n) is 6.93. The molecule has 7 nitrogen and oxygen atoms in total. The fourth-order valence-corrected chi connectivity index (χ4v) is 4.55. The Morgan fingerprint density at radius 1 is 1.00 bits per heavy atom. The van der Waals surface area contributed by atoms with Gasteiger partial charge in [-0.05, 0) is 36.8 Å². The van der Waals surface area contributed by atoms with Gasteiger partial charge in [0.05, 0.1) is 27.0 Å². The molecule has 0 spiro atoms. The maximum atomic E-state index is 13.3. The lowest BCUT2D eigenvalue weighted by molar-refractivity contribution is -0.139. The van der Waals surface area contributed by atoms with Crippen LogP contribution in [0.15, 0.2) is 36.4 Å². The molecule has 1 atom stereocenters. The van der Waals surface area contributed by atoms with E-state index in [0.717, 1.165) is 10.6 Å². The van der Waals surface area contributed by atoms with Crippen molar-refractivity contribution >= 4 is 73.9 Å². The summed E-state index contributed by atoms with van der Waals surface area (Å²) in [6, 6.07) is 8.42. The largest absolute Gasteiger partial charge is 0.357 e. The molecule has 174 valence electrons. The van der Waals surface area contributed by atoms with Gasteiger partial charge in [-0.2, -0.15) is 0 Å². The van der Waals surface area contributed by atoms with E-state index in [-0.39, 0.29) is 27.3 Å². The molecule has 0 radical (unpaired) electrons. The van der Waals surface area contributed by atoms with Crippen LogP contribution in [0.25, 0.3) is 0 Å². The van der Waals surface area contributed by atoms with Crippen molar-refractivity contribution in [2.24, 2.45) is 0 Å². The van der Waals surface area contributed by atoms with Crippen LogP contribution < -0.4 is 9.62 Å². The van der Waals surface area contributed by atoms with Crippen molar-refractivity contribution in [2.45, 2.75) is 19.5 Å². The molecule has 0 saturated carbocycles. The lowest BCUT2D eigenvalue weighted by Crippen LogP contribution is -2.50. The molecule has 0 bridgehead atoms. The van der Waals surface area contributed by atoms with Crippen LogP contribution >= 0.6 is 46.4 Å². The zero-order chi connectivity index (χ0) is 24.2. The van der Waals surface area contributed by atoms with Gasteiger partial charge in [0.1, 0.15) is 12.6 Å². The van der Waals surface area contributed by atoms with Gasteiger partial charge >= 0.3 is 0 Å². The van der Waals surface area contributed by atoms with Gasteiger partial charge in [-0.15, -0.1) is 0 Å². The molecule has 2 aromatic carbocycles. The minimum absolute atomic E-state index is 0.00114. The monoisotopic (exact) mass is 539 g/mol. The summed E-state index contributed by atoms with van der Waals surface area (Å²) in [4.78, 5) is 26.8. The summed E-state index contributed by atoms with van der Waals surface area (Å²) in [5.74, 6) is -1.03. The quantitative estimate of drug-likeness (QED) is 0.507. The third kappa shape index (κ3) is 6.65. The summed E-state index contributed by atoms with van der Waals surface area (Å²) in [5.41, 5.74) is 0.702. The summed E-state index contributed by atoms with van der Waals surface area (Å²) < 4.78 is 25.9. The molecule has 0 aromatic heterocycles. The first-order chi connectivity index (χ1) is 14.8. The fourth-order valence-electron chi connectivity index (χ4n) is 2.88. The highest BCUT2D eigenvalue weighted by Gasteiger charge is 2.30. The predicted octanol–water partition coefficient (Wildman–Crippen LogP) is 4.23. The first-order valence-electron chi connectivity index (χ1n) is 9.23. The van der Waals surface area contributed by atoms with E-state index in [1.165, 1.54) is 24.1 Å². The van der Waals surface area contributed by atoms with Crippen molar-refractivity contribution < 1.29 is 18.0 Å². The number of likely N-dealkylation sites (N-methyl/N-ethyl adjacent to an activating group) is 1. The van der Waals surface area contributed by atoms with Gasteiger partial charge in [-0.3, -0.25) is 13.9 Å². The number of nitrogens with zero attached hydrogens (tertiary/aromatic N) is 2. The molecule has 2 rings (SSSR count). The van der Waals surface area contributed by atoms with Crippen LogP contribution in [0.1, 0.15) is 12.5 Å². The molecule has 0 saturated heterocycles. The molecular weight excluding hydrogens is 520 g/mol. The molecule has 32 heavy (non-hydrogen) atoms. The molecule has 2 aromatic rings. The maximum Gasteiger partial charge on any atom is 0.244 e. The number of amides is 2. The number of benzene rings is 2.